The van der Waals surface area contributed by atoms with E-state index in [0.717, 1.165) is 36.0 Å². The normalized spacial score (nSPS) is 10.4. The third kappa shape index (κ3) is 4.71. The lowest BCUT2D eigenvalue weighted by atomic mass is 10.2. The quantitative estimate of drug-likeness (QED) is 0.619. The van der Waals surface area contributed by atoms with E-state index in [4.69, 9.17) is 14.5 Å². The van der Waals surface area contributed by atoms with Gasteiger partial charge in [-0.15, -0.1) is 0 Å². The van der Waals surface area contributed by atoms with Crippen LogP contribution in [-0.2, 0) is 6.54 Å². The second-order valence-electron chi connectivity index (χ2n) is 6.39. The van der Waals surface area contributed by atoms with Crippen molar-refractivity contribution in [1.82, 2.24) is 9.97 Å². The predicted octanol–water partition coefficient (Wildman–Crippen LogP) is 4.57. The Bertz CT molecular complexity index is 916. The van der Waals surface area contributed by atoms with Crippen molar-refractivity contribution in [3.05, 3.63) is 65.9 Å². The molecule has 1 aromatic heterocycles. The molecule has 0 aliphatic carbocycles. The van der Waals surface area contributed by atoms with Crippen LogP contribution in [0.3, 0.4) is 0 Å². The first-order valence-corrected chi connectivity index (χ1v) is 9.26. The summed E-state index contributed by atoms with van der Waals surface area (Å²) in [5.74, 6) is 2.86. The summed E-state index contributed by atoms with van der Waals surface area (Å²) in [7, 11) is 3.28. The smallest absolute Gasteiger partial charge is 0.227 e. The standard InChI is InChI=1S/C22H26N4O2/c1-5-26(15-17-9-7-6-8-10-17)22-23-16(2)13-21(25-22)24-19-14-18(27-3)11-12-20(19)28-4/h6-14H,5,15H2,1-4H3,(H,23,24,25). The van der Waals surface area contributed by atoms with Gasteiger partial charge in [0.15, 0.2) is 0 Å². The van der Waals surface area contributed by atoms with E-state index < -0.39 is 0 Å². The van der Waals surface area contributed by atoms with Crippen LogP contribution in [0.15, 0.2) is 54.6 Å². The largest absolute Gasteiger partial charge is 0.497 e. The minimum atomic E-state index is 0.690. The van der Waals surface area contributed by atoms with Crippen LogP contribution in [0.25, 0.3) is 0 Å². The number of hydrogen-bond acceptors (Lipinski definition) is 6. The number of ether oxygens (including phenoxy) is 2. The Labute approximate surface area is 166 Å². The number of aryl methyl sites for hydroxylation is 1. The lowest BCUT2D eigenvalue weighted by Gasteiger charge is -2.22. The van der Waals surface area contributed by atoms with Crippen LogP contribution >= 0.6 is 0 Å². The molecule has 1 heterocycles. The summed E-state index contributed by atoms with van der Waals surface area (Å²) in [6, 6.07) is 17.9. The number of nitrogens with zero attached hydrogens (tertiary/aromatic N) is 3. The number of anilines is 3. The molecule has 0 saturated carbocycles. The molecule has 0 bridgehead atoms. The Kier molecular flexibility index (Phi) is 6.32. The van der Waals surface area contributed by atoms with Gasteiger partial charge in [-0.3, -0.25) is 0 Å². The van der Waals surface area contributed by atoms with E-state index in [1.165, 1.54) is 5.56 Å². The number of aromatic nitrogens is 2. The van der Waals surface area contributed by atoms with E-state index in [1.807, 2.05) is 49.4 Å². The molecule has 0 amide bonds. The van der Waals surface area contributed by atoms with E-state index in [0.29, 0.717) is 11.8 Å². The van der Waals surface area contributed by atoms with Crippen LogP contribution in [0.2, 0.25) is 0 Å². The van der Waals surface area contributed by atoms with E-state index in [1.54, 1.807) is 14.2 Å². The Balaban J connectivity index is 1.89. The third-order valence-electron chi connectivity index (χ3n) is 4.39. The lowest BCUT2D eigenvalue weighted by Crippen LogP contribution is -2.24. The molecule has 2 aromatic carbocycles. The second-order valence-corrected chi connectivity index (χ2v) is 6.39. The van der Waals surface area contributed by atoms with Gasteiger partial charge in [0.05, 0.1) is 19.9 Å². The molecule has 146 valence electrons. The van der Waals surface area contributed by atoms with Gasteiger partial charge in [-0.2, -0.15) is 4.98 Å². The summed E-state index contributed by atoms with van der Waals surface area (Å²) in [5, 5.41) is 3.34. The van der Waals surface area contributed by atoms with Crippen molar-refractivity contribution in [1.29, 1.82) is 0 Å². The van der Waals surface area contributed by atoms with Gasteiger partial charge in [0, 0.05) is 30.9 Å². The first kappa shape index (κ1) is 19.5. The van der Waals surface area contributed by atoms with Crippen LogP contribution in [0, 0.1) is 6.92 Å². The van der Waals surface area contributed by atoms with Gasteiger partial charge < -0.3 is 19.7 Å². The number of benzene rings is 2. The molecular formula is C22H26N4O2. The van der Waals surface area contributed by atoms with Crippen molar-refractivity contribution >= 4 is 17.5 Å². The molecule has 3 rings (SSSR count). The van der Waals surface area contributed by atoms with E-state index in [2.05, 4.69) is 34.3 Å². The molecule has 0 aliphatic rings. The number of hydrogen-bond donors (Lipinski definition) is 1. The highest BCUT2D eigenvalue weighted by molar-refractivity contribution is 5.67. The SMILES string of the molecule is CCN(Cc1ccccc1)c1nc(C)cc(Nc2cc(OC)ccc2OC)n1. The molecule has 0 fully saturated rings. The second kappa shape index (κ2) is 9.08. The summed E-state index contributed by atoms with van der Waals surface area (Å²) >= 11 is 0. The van der Waals surface area contributed by atoms with Crippen LogP contribution in [0.1, 0.15) is 18.2 Å². The van der Waals surface area contributed by atoms with Crippen molar-refractivity contribution in [3.63, 3.8) is 0 Å². The highest BCUT2D eigenvalue weighted by atomic mass is 16.5. The molecule has 0 aliphatic heterocycles. The van der Waals surface area contributed by atoms with Crippen molar-refractivity contribution in [2.45, 2.75) is 20.4 Å². The Hall–Kier alpha value is -3.28. The summed E-state index contributed by atoms with van der Waals surface area (Å²) in [4.78, 5) is 11.5. The monoisotopic (exact) mass is 378 g/mol. The maximum absolute atomic E-state index is 5.45. The molecule has 1 N–H and O–H groups in total. The predicted molar refractivity (Wildman–Crippen MR) is 113 cm³/mol. The molecule has 0 saturated heterocycles. The van der Waals surface area contributed by atoms with Crippen LogP contribution in [0.5, 0.6) is 11.5 Å². The van der Waals surface area contributed by atoms with Crippen LogP contribution in [-0.4, -0.2) is 30.7 Å². The molecule has 0 unspecified atom stereocenters. The fourth-order valence-electron chi connectivity index (χ4n) is 2.94. The van der Waals surface area contributed by atoms with E-state index in [9.17, 15) is 0 Å². The highest BCUT2D eigenvalue weighted by Crippen LogP contribution is 2.31. The lowest BCUT2D eigenvalue weighted by molar-refractivity contribution is 0.405. The van der Waals surface area contributed by atoms with Gasteiger partial charge in [0.1, 0.15) is 17.3 Å². The zero-order valence-corrected chi connectivity index (χ0v) is 16.8. The molecule has 3 aromatic rings. The minimum Gasteiger partial charge on any atom is -0.497 e. The topological polar surface area (TPSA) is 59.5 Å². The molecule has 6 heteroatoms. The first-order valence-electron chi connectivity index (χ1n) is 9.26. The summed E-state index contributed by atoms with van der Waals surface area (Å²) < 4.78 is 10.8. The molecule has 0 atom stereocenters. The molecule has 0 radical (unpaired) electrons. The Morgan fingerprint density at radius 2 is 1.75 bits per heavy atom. The average molecular weight is 378 g/mol. The highest BCUT2D eigenvalue weighted by Gasteiger charge is 2.12. The fraction of sp³-hybridized carbons (Fsp3) is 0.273. The minimum absolute atomic E-state index is 0.690. The van der Waals surface area contributed by atoms with E-state index >= 15 is 0 Å². The molecule has 6 nitrogen and oxygen atoms in total. The van der Waals surface area contributed by atoms with Crippen LogP contribution in [0.4, 0.5) is 17.5 Å². The van der Waals surface area contributed by atoms with Gasteiger partial charge in [-0.05, 0) is 31.5 Å². The maximum atomic E-state index is 5.45. The Morgan fingerprint density at radius 1 is 0.964 bits per heavy atom. The van der Waals surface area contributed by atoms with Crippen molar-refractivity contribution in [3.8, 4) is 11.5 Å². The van der Waals surface area contributed by atoms with Gasteiger partial charge >= 0.3 is 0 Å². The maximum Gasteiger partial charge on any atom is 0.227 e. The Morgan fingerprint density at radius 3 is 2.43 bits per heavy atom. The van der Waals surface area contributed by atoms with Gasteiger partial charge in [-0.25, -0.2) is 4.98 Å². The van der Waals surface area contributed by atoms with Gasteiger partial charge in [0.2, 0.25) is 5.95 Å². The van der Waals surface area contributed by atoms with Crippen molar-refractivity contribution in [2.24, 2.45) is 0 Å². The third-order valence-corrected chi connectivity index (χ3v) is 4.39. The van der Waals surface area contributed by atoms with Crippen LogP contribution < -0.4 is 19.7 Å². The number of methoxy groups -OCH3 is 2. The fourth-order valence-corrected chi connectivity index (χ4v) is 2.94. The molecular weight excluding hydrogens is 352 g/mol. The zero-order valence-electron chi connectivity index (χ0n) is 16.8. The average Bonchev–Trinajstić information content (AvgIpc) is 2.72. The summed E-state index contributed by atoms with van der Waals surface area (Å²) in [6.45, 7) is 5.63. The number of rotatable bonds is 8. The van der Waals surface area contributed by atoms with Gasteiger partial charge in [0.25, 0.3) is 0 Å². The number of nitrogens with one attached hydrogen (secondary N) is 1. The van der Waals surface area contributed by atoms with Crippen molar-refractivity contribution in [2.75, 3.05) is 31.0 Å². The zero-order chi connectivity index (χ0) is 19.9. The summed E-state index contributed by atoms with van der Waals surface area (Å²) in [5.41, 5.74) is 2.90. The van der Waals surface area contributed by atoms with Crippen molar-refractivity contribution < 1.29 is 9.47 Å². The van der Waals surface area contributed by atoms with Gasteiger partial charge in [-0.1, -0.05) is 30.3 Å². The molecule has 0 spiro atoms. The summed E-state index contributed by atoms with van der Waals surface area (Å²) in [6.07, 6.45) is 0. The molecule has 28 heavy (non-hydrogen) atoms. The van der Waals surface area contributed by atoms with E-state index in [-0.39, 0.29) is 0 Å². The first-order chi connectivity index (χ1) is 13.6.